The van der Waals surface area contributed by atoms with E-state index >= 15 is 0 Å². The summed E-state index contributed by atoms with van der Waals surface area (Å²) in [7, 11) is 0. The summed E-state index contributed by atoms with van der Waals surface area (Å²) in [6.45, 7) is 4.98. The van der Waals surface area contributed by atoms with Gasteiger partial charge in [0.1, 0.15) is 0 Å². The van der Waals surface area contributed by atoms with Crippen molar-refractivity contribution >= 4 is 17.0 Å². The number of benzene rings is 1. The van der Waals surface area contributed by atoms with E-state index in [0.29, 0.717) is 5.56 Å². The van der Waals surface area contributed by atoms with Crippen LogP contribution >= 0.6 is 11.3 Å². The van der Waals surface area contributed by atoms with Crippen LogP contribution in [-0.2, 0) is 6.54 Å². The van der Waals surface area contributed by atoms with Gasteiger partial charge in [-0.3, -0.25) is 0 Å². The Morgan fingerprint density at radius 3 is 2.71 bits per heavy atom. The molecule has 2 rings (SSSR count). The van der Waals surface area contributed by atoms with E-state index in [0.717, 1.165) is 12.2 Å². The largest absolute Gasteiger partial charge is 0.380 e. The van der Waals surface area contributed by atoms with Crippen LogP contribution in [0.2, 0.25) is 0 Å². The van der Waals surface area contributed by atoms with Gasteiger partial charge in [0.2, 0.25) is 0 Å². The van der Waals surface area contributed by atoms with Crippen molar-refractivity contribution in [3.05, 3.63) is 51.2 Å². The molecule has 2 aromatic rings. The Balaban J connectivity index is 2.14. The van der Waals surface area contributed by atoms with Crippen molar-refractivity contribution in [1.82, 2.24) is 0 Å². The lowest BCUT2D eigenvalue weighted by Crippen LogP contribution is -2.00. The van der Waals surface area contributed by atoms with Gasteiger partial charge in [-0.2, -0.15) is 5.26 Å². The Bertz CT molecular complexity index is 564. The minimum absolute atomic E-state index is 0.695. The van der Waals surface area contributed by atoms with E-state index in [1.54, 1.807) is 11.3 Å². The van der Waals surface area contributed by atoms with E-state index in [1.165, 1.54) is 16.0 Å². The van der Waals surface area contributed by atoms with Crippen molar-refractivity contribution in [3.8, 4) is 6.07 Å². The van der Waals surface area contributed by atoms with E-state index in [2.05, 4.69) is 29.8 Å². The molecule has 17 heavy (non-hydrogen) atoms. The zero-order chi connectivity index (χ0) is 12.3. The summed E-state index contributed by atoms with van der Waals surface area (Å²) in [6, 6.07) is 10.0. The number of nitriles is 1. The molecule has 1 heterocycles. The predicted molar refractivity (Wildman–Crippen MR) is 72.3 cm³/mol. The van der Waals surface area contributed by atoms with Crippen molar-refractivity contribution in [2.75, 3.05) is 5.32 Å². The summed E-state index contributed by atoms with van der Waals surface area (Å²) < 4.78 is 0. The number of nitrogens with one attached hydrogen (secondary N) is 1. The number of nitrogens with zero attached hydrogens (tertiary/aromatic N) is 1. The van der Waals surface area contributed by atoms with Crippen LogP contribution < -0.4 is 5.32 Å². The smallest absolute Gasteiger partial charge is 0.0992 e. The second-order valence-corrected chi connectivity index (χ2v) is 5.02. The highest BCUT2D eigenvalue weighted by Crippen LogP contribution is 2.20. The maximum absolute atomic E-state index is 8.87. The van der Waals surface area contributed by atoms with Gasteiger partial charge in [0.05, 0.1) is 11.6 Å². The Hall–Kier alpha value is -1.79. The van der Waals surface area contributed by atoms with E-state index in [4.69, 9.17) is 5.26 Å². The van der Waals surface area contributed by atoms with Gasteiger partial charge in [-0.25, -0.2) is 0 Å². The van der Waals surface area contributed by atoms with Crippen LogP contribution in [-0.4, -0.2) is 0 Å². The molecule has 0 saturated carbocycles. The highest BCUT2D eigenvalue weighted by molar-refractivity contribution is 7.10. The van der Waals surface area contributed by atoms with E-state index < -0.39 is 0 Å². The number of rotatable bonds is 3. The van der Waals surface area contributed by atoms with E-state index in [-0.39, 0.29) is 0 Å². The highest BCUT2D eigenvalue weighted by atomic mass is 32.1. The van der Waals surface area contributed by atoms with Gasteiger partial charge in [-0.15, -0.1) is 11.3 Å². The fraction of sp³-hybridized carbons (Fsp3) is 0.214. The summed E-state index contributed by atoms with van der Waals surface area (Å²) >= 11 is 1.76. The first-order valence-electron chi connectivity index (χ1n) is 5.48. The Morgan fingerprint density at radius 1 is 1.24 bits per heavy atom. The highest BCUT2D eigenvalue weighted by Gasteiger charge is 2.02. The standard InChI is InChI=1S/C14H14N2S/c1-10-3-4-12(8-15)7-13(10)16-9-14-11(2)5-6-17-14/h3-7,16H,9H2,1-2H3. The SMILES string of the molecule is Cc1ccc(C#N)cc1NCc1sccc1C. The Morgan fingerprint density at radius 2 is 2.06 bits per heavy atom. The molecule has 1 aromatic carbocycles. The summed E-state index contributed by atoms with van der Waals surface area (Å²) in [5.74, 6) is 0. The molecule has 0 amide bonds. The topological polar surface area (TPSA) is 35.8 Å². The van der Waals surface area contributed by atoms with Crippen LogP contribution in [0.3, 0.4) is 0 Å². The molecular weight excluding hydrogens is 228 g/mol. The van der Waals surface area contributed by atoms with Crippen LogP contribution in [0.25, 0.3) is 0 Å². The molecule has 0 aliphatic rings. The third-order valence-electron chi connectivity index (χ3n) is 2.77. The first-order chi connectivity index (χ1) is 8.20. The molecule has 1 aromatic heterocycles. The molecule has 0 saturated heterocycles. The Kier molecular flexibility index (Phi) is 3.46. The number of hydrogen-bond acceptors (Lipinski definition) is 3. The van der Waals surface area contributed by atoms with Gasteiger partial charge in [0.15, 0.2) is 0 Å². The molecule has 2 nitrogen and oxygen atoms in total. The third-order valence-corrected chi connectivity index (χ3v) is 3.80. The molecule has 1 N–H and O–H groups in total. The summed E-state index contributed by atoms with van der Waals surface area (Å²) in [5.41, 5.74) is 4.22. The molecule has 0 atom stereocenters. The lowest BCUT2D eigenvalue weighted by Gasteiger charge is -2.09. The van der Waals surface area contributed by atoms with Gasteiger partial charge in [0.25, 0.3) is 0 Å². The molecule has 3 heteroatoms. The Labute approximate surface area is 106 Å². The van der Waals surface area contributed by atoms with E-state index in [1.807, 2.05) is 25.1 Å². The van der Waals surface area contributed by atoms with Gasteiger partial charge in [-0.05, 0) is 48.6 Å². The van der Waals surface area contributed by atoms with Gasteiger partial charge in [0, 0.05) is 17.1 Å². The number of thiophene rings is 1. The van der Waals surface area contributed by atoms with Crippen molar-refractivity contribution in [2.45, 2.75) is 20.4 Å². The van der Waals surface area contributed by atoms with Crippen LogP contribution in [0.4, 0.5) is 5.69 Å². The van der Waals surface area contributed by atoms with E-state index in [9.17, 15) is 0 Å². The number of aryl methyl sites for hydroxylation is 2. The van der Waals surface area contributed by atoms with Crippen molar-refractivity contribution in [2.24, 2.45) is 0 Å². The van der Waals surface area contributed by atoms with Gasteiger partial charge < -0.3 is 5.32 Å². The fourth-order valence-corrected chi connectivity index (χ4v) is 2.49. The molecule has 0 radical (unpaired) electrons. The second kappa shape index (κ2) is 5.03. The second-order valence-electron chi connectivity index (χ2n) is 4.02. The minimum atomic E-state index is 0.695. The van der Waals surface area contributed by atoms with Crippen LogP contribution in [0.15, 0.2) is 29.6 Å². The van der Waals surface area contributed by atoms with Crippen LogP contribution in [0.5, 0.6) is 0 Å². The maximum Gasteiger partial charge on any atom is 0.0992 e. The molecule has 0 bridgehead atoms. The lowest BCUT2D eigenvalue weighted by molar-refractivity contribution is 1.15. The third kappa shape index (κ3) is 2.66. The molecule has 0 aliphatic carbocycles. The quantitative estimate of drug-likeness (QED) is 0.887. The molecular formula is C14H14N2S. The van der Waals surface area contributed by atoms with Gasteiger partial charge >= 0.3 is 0 Å². The number of hydrogen-bond donors (Lipinski definition) is 1. The molecule has 86 valence electrons. The van der Waals surface area contributed by atoms with Crippen molar-refractivity contribution in [1.29, 1.82) is 5.26 Å². The maximum atomic E-state index is 8.87. The number of anilines is 1. The van der Waals surface area contributed by atoms with Crippen molar-refractivity contribution in [3.63, 3.8) is 0 Å². The monoisotopic (exact) mass is 242 g/mol. The summed E-state index contributed by atoms with van der Waals surface area (Å²) in [6.07, 6.45) is 0. The van der Waals surface area contributed by atoms with Crippen LogP contribution in [0.1, 0.15) is 21.6 Å². The fourth-order valence-electron chi connectivity index (χ4n) is 1.64. The molecule has 0 spiro atoms. The molecule has 0 aliphatic heterocycles. The average Bonchev–Trinajstić information content (AvgIpc) is 2.74. The van der Waals surface area contributed by atoms with Crippen LogP contribution in [0, 0.1) is 25.2 Å². The lowest BCUT2D eigenvalue weighted by atomic mass is 10.1. The predicted octanol–water partition coefficient (Wildman–Crippen LogP) is 3.85. The van der Waals surface area contributed by atoms with Crippen molar-refractivity contribution < 1.29 is 0 Å². The first kappa shape index (κ1) is 11.7. The zero-order valence-electron chi connectivity index (χ0n) is 9.95. The zero-order valence-corrected chi connectivity index (χ0v) is 10.8. The summed E-state index contributed by atoms with van der Waals surface area (Å²) in [4.78, 5) is 1.34. The summed E-state index contributed by atoms with van der Waals surface area (Å²) in [5, 5.41) is 14.4. The first-order valence-corrected chi connectivity index (χ1v) is 6.36. The molecule has 0 fully saturated rings. The molecule has 0 unspecified atom stereocenters. The minimum Gasteiger partial charge on any atom is -0.380 e. The van der Waals surface area contributed by atoms with Gasteiger partial charge in [-0.1, -0.05) is 6.07 Å². The normalized spacial score (nSPS) is 9.94. The average molecular weight is 242 g/mol.